The van der Waals surface area contributed by atoms with Crippen LogP contribution in [0.4, 0.5) is 8.78 Å². The van der Waals surface area contributed by atoms with Crippen LogP contribution in [0.3, 0.4) is 0 Å². The number of nitrogens with zero attached hydrogens (tertiary/aromatic N) is 1. The number of halogens is 2. The van der Waals surface area contributed by atoms with Gasteiger partial charge >= 0.3 is 0 Å². The van der Waals surface area contributed by atoms with Gasteiger partial charge in [0.2, 0.25) is 12.2 Å². The van der Waals surface area contributed by atoms with E-state index in [1.807, 2.05) is 0 Å². The molecule has 0 aliphatic heterocycles. The second-order valence-electron chi connectivity index (χ2n) is 2.63. The molecule has 0 saturated heterocycles. The summed E-state index contributed by atoms with van der Waals surface area (Å²) in [7, 11) is 0. The molecule has 0 fully saturated rings. The van der Waals surface area contributed by atoms with Gasteiger partial charge in [0.15, 0.2) is 0 Å². The van der Waals surface area contributed by atoms with Crippen molar-refractivity contribution >= 4 is 0 Å². The molecule has 0 aromatic carbocycles. The van der Waals surface area contributed by atoms with Gasteiger partial charge in [0, 0.05) is 13.0 Å². The van der Waals surface area contributed by atoms with E-state index < -0.39 is 6.36 Å². The Morgan fingerprint density at radius 2 is 2.31 bits per heavy atom. The molecule has 13 heavy (non-hydrogen) atoms. The average molecular weight is 187 g/mol. The van der Waals surface area contributed by atoms with E-state index in [2.05, 4.69) is 9.72 Å². The number of rotatable bonds is 3. The fourth-order valence-electron chi connectivity index (χ4n) is 0.960. The minimum Gasteiger partial charge on any atom is -0.444 e. The molecule has 0 aliphatic carbocycles. The van der Waals surface area contributed by atoms with Crippen molar-refractivity contribution in [2.45, 2.75) is 26.6 Å². The third-order valence-electron chi connectivity index (χ3n) is 1.57. The highest BCUT2D eigenvalue weighted by molar-refractivity contribution is 5.22. The first-order valence-corrected chi connectivity index (χ1v) is 4.08. The predicted molar refractivity (Wildman–Crippen MR) is 44.8 cm³/mol. The van der Waals surface area contributed by atoms with E-state index in [9.17, 15) is 8.78 Å². The molecule has 2 nitrogen and oxygen atoms in total. The highest BCUT2D eigenvalue weighted by Gasteiger charge is 2.06. The van der Waals surface area contributed by atoms with Gasteiger partial charge in [-0.2, -0.15) is 0 Å². The van der Waals surface area contributed by atoms with E-state index in [1.54, 1.807) is 6.92 Å². The van der Waals surface area contributed by atoms with Gasteiger partial charge in [0.05, 0.1) is 6.20 Å². The normalized spacial score (nSPS) is 12.6. The second-order valence-corrected chi connectivity index (χ2v) is 2.63. The van der Waals surface area contributed by atoms with Crippen molar-refractivity contribution < 1.29 is 13.5 Å². The lowest BCUT2D eigenvalue weighted by Crippen LogP contribution is -2.06. The summed E-state index contributed by atoms with van der Waals surface area (Å²) >= 11 is 0. The molecule has 1 aromatic rings. The first kappa shape index (κ1) is 9.89. The van der Waals surface area contributed by atoms with Crippen LogP contribution in [-0.2, 0) is 6.42 Å². The maximum atomic E-state index is 12.9. The highest BCUT2D eigenvalue weighted by atomic mass is 19.1. The van der Waals surface area contributed by atoms with Crippen LogP contribution >= 0.6 is 0 Å². The SMILES string of the molecule is CCc1cc(OC(C)F)ncc1F. The summed E-state index contributed by atoms with van der Waals surface area (Å²) in [6, 6.07) is 1.41. The number of ether oxygens (including phenoxy) is 1. The molecule has 1 aromatic heterocycles. The molecule has 1 atom stereocenters. The Bertz CT molecular complexity index is 289. The Morgan fingerprint density at radius 3 is 2.85 bits per heavy atom. The molecule has 1 heterocycles. The minimum atomic E-state index is -1.43. The lowest BCUT2D eigenvalue weighted by atomic mass is 10.2. The number of pyridine rings is 1. The van der Waals surface area contributed by atoms with Gasteiger partial charge in [-0.05, 0) is 12.0 Å². The molecule has 72 valence electrons. The average Bonchev–Trinajstić information content (AvgIpc) is 2.07. The van der Waals surface area contributed by atoms with Gasteiger partial charge in [-0.25, -0.2) is 13.8 Å². The Hall–Kier alpha value is -1.19. The monoisotopic (exact) mass is 187 g/mol. The summed E-state index contributed by atoms with van der Waals surface area (Å²) < 4.78 is 29.9. The summed E-state index contributed by atoms with van der Waals surface area (Å²) in [5, 5.41) is 0. The lowest BCUT2D eigenvalue weighted by Gasteiger charge is -2.06. The molecule has 1 unspecified atom stereocenters. The van der Waals surface area contributed by atoms with Crippen molar-refractivity contribution in [1.29, 1.82) is 0 Å². The van der Waals surface area contributed by atoms with Crippen LogP contribution in [-0.4, -0.2) is 11.3 Å². The van der Waals surface area contributed by atoms with Crippen molar-refractivity contribution in [1.82, 2.24) is 4.98 Å². The maximum Gasteiger partial charge on any atom is 0.237 e. The summed E-state index contributed by atoms with van der Waals surface area (Å²) in [6.07, 6.45) is 0.143. The molecule has 0 radical (unpaired) electrons. The third kappa shape index (κ3) is 2.65. The number of alkyl halides is 1. The van der Waals surface area contributed by atoms with Gasteiger partial charge < -0.3 is 4.74 Å². The zero-order valence-electron chi connectivity index (χ0n) is 7.55. The molecule has 0 aliphatic rings. The molecular formula is C9H11F2NO. The van der Waals surface area contributed by atoms with E-state index >= 15 is 0 Å². The van der Waals surface area contributed by atoms with Crippen molar-refractivity contribution in [3.05, 3.63) is 23.6 Å². The van der Waals surface area contributed by atoms with Gasteiger partial charge in [0.1, 0.15) is 5.82 Å². The van der Waals surface area contributed by atoms with Crippen LogP contribution in [0.2, 0.25) is 0 Å². The quantitative estimate of drug-likeness (QED) is 0.725. The molecule has 0 amide bonds. The minimum absolute atomic E-state index is 0.119. The maximum absolute atomic E-state index is 12.9. The van der Waals surface area contributed by atoms with Crippen LogP contribution in [0.5, 0.6) is 5.88 Å². The third-order valence-corrected chi connectivity index (χ3v) is 1.57. The highest BCUT2D eigenvalue weighted by Crippen LogP contribution is 2.15. The van der Waals surface area contributed by atoms with E-state index in [0.29, 0.717) is 12.0 Å². The Kier molecular flexibility index (Phi) is 3.17. The fraction of sp³-hybridized carbons (Fsp3) is 0.444. The number of aromatic nitrogens is 1. The summed E-state index contributed by atoms with van der Waals surface area (Å²) in [4.78, 5) is 3.59. The van der Waals surface area contributed by atoms with Crippen molar-refractivity contribution in [3.63, 3.8) is 0 Å². The topological polar surface area (TPSA) is 22.1 Å². The van der Waals surface area contributed by atoms with Crippen LogP contribution in [0, 0.1) is 5.82 Å². The summed E-state index contributed by atoms with van der Waals surface area (Å²) in [6.45, 7) is 3.05. The van der Waals surface area contributed by atoms with Gasteiger partial charge in [0.25, 0.3) is 0 Å². The number of hydrogen-bond acceptors (Lipinski definition) is 2. The smallest absolute Gasteiger partial charge is 0.237 e. The predicted octanol–water partition coefficient (Wildman–Crippen LogP) is 2.48. The molecular weight excluding hydrogens is 176 g/mol. The van der Waals surface area contributed by atoms with Crippen LogP contribution in [0.15, 0.2) is 12.3 Å². The Morgan fingerprint density at radius 1 is 1.62 bits per heavy atom. The molecule has 0 spiro atoms. The molecule has 0 saturated carbocycles. The van der Waals surface area contributed by atoms with Gasteiger partial charge in [-0.1, -0.05) is 6.92 Å². The zero-order chi connectivity index (χ0) is 9.84. The summed E-state index contributed by atoms with van der Waals surface area (Å²) in [5.41, 5.74) is 0.477. The van der Waals surface area contributed by atoms with Crippen molar-refractivity contribution in [2.24, 2.45) is 0 Å². The Labute approximate surface area is 75.6 Å². The van der Waals surface area contributed by atoms with E-state index in [0.717, 1.165) is 6.20 Å². The van der Waals surface area contributed by atoms with E-state index in [1.165, 1.54) is 13.0 Å². The van der Waals surface area contributed by atoms with Gasteiger partial charge in [-0.15, -0.1) is 0 Å². The van der Waals surface area contributed by atoms with Crippen molar-refractivity contribution in [2.75, 3.05) is 0 Å². The Balaban J connectivity index is 2.86. The standard InChI is InChI=1S/C9H11F2NO/c1-3-7-4-9(13-6(2)10)12-5-8(7)11/h4-6H,3H2,1-2H3. The first-order chi connectivity index (χ1) is 6.13. The zero-order valence-corrected chi connectivity index (χ0v) is 7.55. The fourth-order valence-corrected chi connectivity index (χ4v) is 0.960. The van der Waals surface area contributed by atoms with Crippen LogP contribution in [0.1, 0.15) is 19.4 Å². The van der Waals surface area contributed by atoms with Crippen LogP contribution < -0.4 is 4.74 Å². The van der Waals surface area contributed by atoms with Gasteiger partial charge in [-0.3, -0.25) is 0 Å². The van der Waals surface area contributed by atoms with E-state index in [4.69, 9.17) is 0 Å². The number of aryl methyl sites for hydroxylation is 1. The molecule has 1 rings (SSSR count). The second kappa shape index (κ2) is 4.16. The van der Waals surface area contributed by atoms with Crippen LogP contribution in [0.25, 0.3) is 0 Å². The lowest BCUT2D eigenvalue weighted by molar-refractivity contribution is 0.0807. The molecule has 0 bridgehead atoms. The van der Waals surface area contributed by atoms with E-state index in [-0.39, 0.29) is 11.7 Å². The first-order valence-electron chi connectivity index (χ1n) is 4.08. The largest absolute Gasteiger partial charge is 0.444 e. The summed E-state index contributed by atoms with van der Waals surface area (Å²) in [5.74, 6) is -0.269. The number of hydrogen-bond donors (Lipinski definition) is 0. The molecule has 0 N–H and O–H groups in total. The molecule has 4 heteroatoms. The van der Waals surface area contributed by atoms with Crippen molar-refractivity contribution in [3.8, 4) is 5.88 Å².